The third-order valence-corrected chi connectivity index (χ3v) is 5.33. The molecule has 0 aromatic heterocycles. The fraction of sp³-hybridized carbons (Fsp3) is 0.476. The van der Waals surface area contributed by atoms with Crippen LogP contribution in [0.4, 0.5) is 0 Å². The van der Waals surface area contributed by atoms with E-state index in [4.69, 9.17) is 15.9 Å². The second-order valence-corrected chi connectivity index (χ2v) is 8.37. The number of amides is 3. The molecular formula is C21H30N4O8S. The predicted octanol–water partition coefficient (Wildman–Crippen LogP) is -1.68. The summed E-state index contributed by atoms with van der Waals surface area (Å²) >= 11 is 1.42. The first-order valence-corrected chi connectivity index (χ1v) is 11.7. The molecule has 13 heteroatoms. The number of rotatable bonds is 15. The van der Waals surface area contributed by atoms with Gasteiger partial charge in [0.2, 0.25) is 17.7 Å². The fourth-order valence-corrected chi connectivity index (χ4v) is 3.33. The van der Waals surface area contributed by atoms with Gasteiger partial charge in [-0.2, -0.15) is 11.8 Å². The number of hydrogen-bond donors (Lipinski definition) is 7. The van der Waals surface area contributed by atoms with Crippen molar-refractivity contribution in [2.45, 2.75) is 43.4 Å². The topological polar surface area (TPSA) is 208 Å². The zero-order valence-corrected chi connectivity index (χ0v) is 19.4. The smallest absolute Gasteiger partial charge is 0.326 e. The molecule has 0 aliphatic heterocycles. The van der Waals surface area contributed by atoms with Crippen LogP contribution in [0.15, 0.2) is 30.3 Å². The Morgan fingerprint density at radius 1 is 0.912 bits per heavy atom. The minimum absolute atomic E-state index is 0.202. The largest absolute Gasteiger partial charge is 0.481 e. The maximum Gasteiger partial charge on any atom is 0.326 e. The second-order valence-electron chi connectivity index (χ2n) is 7.38. The Balaban J connectivity index is 2.82. The lowest BCUT2D eigenvalue weighted by molar-refractivity contribution is -0.147. The van der Waals surface area contributed by atoms with E-state index in [2.05, 4.69) is 10.6 Å². The van der Waals surface area contributed by atoms with Gasteiger partial charge in [0.25, 0.3) is 0 Å². The summed E-state index contributed by atoms with van der Waals surface area (Å²) in [4.78, 5) is 59.6. The van der Waals surface area contributed by atoms with E-state index in [1.54, 1.807) is 18.4 Å². The van der Waals surface area contributed by atoms with Gasteiger partial charge in [-0.1, -0.05) is 30.3 Å². The highest BCUT2D eigenvalue weighted by Crippen LogP contribution is 2.05. The lowest BCUT2D eigenvalue weighted by atomic mass is 10.1. The average Bonchev–Trinajstić information content (AvgIpc) is 2.79. The van der Waals surface area contributed by atoms with Crippen molar-refractivity contribution in [1.82, 2.24) is 16.0 Å². The summed E-state index contributed by atoms with van der Waals surface area (Å²) in [6.45, 7) is -0.881. The van der Waals surface area contributed by atoms with Gasteiger partial charge in [-0.15, -0.1) is 0 Å². The van der Waals surface area contributed by atoms with Crippen molar-refractivity contribution >= 4 is 41.4 Å². The molecule has 0 spiro atoms. The summed E-state index contributed by atoms with van der Waals surface area (Å²) in [6, 6.07) is 3.74. The number of nitrogens with two attached hydrogens (primary N) is 1. The minimum Gasteiger partial charge on any atom is -0.481 e. The molecule has 34 heavy (non-hydrogen) atoms. The van der Waals surface area contributed by atoms with E-state index < -0.39 is 66.9 Å². The number of hydrogen-bond acceptors (Lipinski definition) is 8. The molecule has 0 saturated heterocycles. The number of thioether (sulfide) groups is 1. The molecule has 0 saturated carbocycles. The number of aliphatic hydroxyl groups excluding tert-OH is 1. The summed E-state index contributed by atoms with van der Waals surface area (Å²) < 4.78 is 0. The standard InChI is InChI=1S/C21H30N4O8S/c1-34-8-7-14(23-18(29)13(22)9-12-5-3-2-4-6-12)19(30)25-16(11-26)20(31)24-15(21(32)33)10-17(27)28/h2-6,13-16,26H,7-11,22H2,1H3,(H,23,29)(H,24,31)(H,25,30)(H,27,28)(H,32,33). The Bertz CT molecular complexity index is 854. The number of carboxylic acid groups (broad SMARTS) is 2. The molecule has 4 atom stereocenters. The molecule has 0 aliphatic rings. The van der Waals surface area contributed by atoms with E-state index in [0.29, 0.717) is 5.75 Å². The maximum absolute atomic E-state index is 12.8. The van der Waals surface area contributed by atoms with Gasteiger partial charge >= 0.3 is 11.9 Å². The van der Waals surface area contributed by atoms with E-state index >= 15 is 0 Å². The van der Waals surface area contributed by atoms with Gasteiger partial charge in [-0.3, -0.25) is 19.2 Å². The Morgan fingerprint density at radius 3 is 2.00 bits per heavy atom. The highest BCUT2D eigenvalue weighted by Gasteiger charge is 2.30. The van der Waals surface area contributed by atoms with E-state index in [1.165, 1.54) is 11.8 Å². The van der Waals surface area contributed by atoms with Crippen molar-refractivity contribution in [3.05, 3.63) is 35.9 Å². The summed E-state index contributed by atoms with van der Waals surface area (Å²) in [5.74, 6) is -5.00. The molecule has 1 aromatic carbocycles. The van der Waals surface area contributed by atoms with Crippen LogP contribution in [0.2, 0.25) is 0 Å². The molecule has 0 radical (unpaired) electrons. The van der Waals surface area contributed by atoms with Crippen molar-refractivity contribution in [2.24, 2.45) is 5.73 Å². The van der Waals surface area contributed by atoms with Crippen LogP contribution in [0.5, 0.6) is 0 Å². The molecule has 1 rings (SSSR count). The van der Waals surface area contributed by atoms with Gasteiger partial charge in [-0.25, -0.2) is 4.79 Å². The lowest BCUT2D eigenvalue weighted by Gasteiger charge is -2.24. The van der Waals surface area contributed by atoms with E-state index in [0.717, 1.165) is 5.56 Å². The van der Waals surface area contributed by atoms with Crippen molar-refractivity contribution in [3.63, 3.8) is 0 Å². The number of nitrogens with one attached hydrogen (secondary N) is 3. The quantitative estimate of drug-likeness (QED) is 0.146. The lowest BCUT2D eigenvalue weighted by Crippen LogP contribution is -2.58. The molecule has 12 nitrogen and oxygen atoms in total. The van der Waals surface area contributed by atoms with Crippen LogP contribution in [0, 0.1) is 0 Å². The Labute approximate surface area is 200 Å². The molecule has 188 valence electrons. The van der Waals surface area contributed by atoms with Crippen LogP contribution in [-0.4, -0.2) is 87.8 Å². The monoisotopic (exact) mass is 498 g/mol. The van der Waals surface area contributed by atoms with Crippen LogP contribution in [0.1, 0.15) is 18.4 Å². The van der Waals surface area contributed by atoms with Gasteiger partial charge in [0.1, 0.15) is 18.1 Å². The Hall–Kier alpha value is -3.16. The second kappa shape index (κ2) is 14.9. The molecule has 0 aliphatic carbocycles. The maximum atomic E-state index is 12.8. The Morgan fingerprint density at radius 2 is 1.47 bits per heavy atom. The summed E-state index contributed by atoms with van der Waals surface area (Å²) in [5, 5.41) is 34.1. The fourth-order valence-electron chi connectivity index (χ4n) is 2.86. The third-order valence-electron chi connectivity index (χ3n) is 4.69. The highest BCUT2D eigenvalue weighted by atomic mass is 32.2. The van der Waals surface area contributed by atoms with Gasteiger partial charge in [0.15, 0.2) is 0 Å². The number of carbonyl (C=O) groups is 5. The van der Waals surface area contributed by atoms with Gasteiger partial charge in [-0.05, 0) is 30.4 Å². The average molecular weight is 499 g/mol. The SMILES string of the molecule is CSCCC(NC(=O)C(N)Cc1ccccc1)C(=O)NC(CO)C(=O)NC(CC(=O)O)C(=O)O. The van der Waals surface area contributed by atoms with E-state index in [1.807, 2.05) is 23.5 Å². The number of carboxylic acids is 2. The molecule has 3 amide bonds. The van der Waals surface area contributed by atoms with Crippen LogP contribution < -0.4 is 21.7 Å². The number of benzene rings is 1. The predicted molar refractivity (Wildman–Crippen MR) is 124 cm³/mol. The summed E-state index contributed by atoms with van der Waals surface area (Å²) in [5.41, 5.74) is 6.80. The van der Waals surface area contributed by atoms with Crippen molar-refractivity contribution in [3.8, 4) is 0 Å². The minimum atomic E-state index is -1.75. The summed E-state index contributed by atoms with van der Waals surface area (Å²) in [6.07, 6.45) is 1.36. The molecular weight excluding hydrogens is 468 g/mol. The first kappa shape index (κ1) is 28.9. The van der Waals surface area contributed by atoms with Crippen LogP contribution >= 0.6 is 11.8 Å². The zero-order valence-electron chi connectivity index (χ0n) is 18.6. The van der Waals surface area contributed by atoms with Gasteiger partial charge in [0.05, 0.1) is 19.1 Å². The van der Waals surface area contributed by atoms with Crippen molar-refractivity contribution in [1.29, 1.82) is 0 Å². The molecule has 1 aromatic rings. The first-order valence-electron chi connectivity index (χ1n) is 10.3. The van der Waals surface area contributed by atoms with Crippen molar-refractivity contribution < 1.29 is 39.3 Å². The Kier molecular flexibility index (Phi) is 12.6. The van der Waals surface area contributed by atoms with Crippen LogP contribution in [-0.2, 0) is 30.4 Å². The zero-order chi connectivity index (χ0) is 25.7. The molecule has 0 bridgehead atoms. The molecule has 0 fully saturated rings. The molecule has 4 unspecified atom stereocenters. The summed E-state index contributed by atoms with van der Waals surface area (Å²) in [7, 11) is 0. The van der Waals surface area contributed by atoms with Crippen LogP contribution in [0.3, 0.4) is 0 Å². The number of aliphatic hydroxyl groups is 1. The van der Waals surface area contributed by atoms with E-state index in [9.17, 15) is 29.1 Å². The number of carbonyl (C=O) groups excluding carboxylic acids is 3. The van der Waals surface area contributed by atoms with Gasteiger partial charge < -0.3 is 37.0 Å². The van der Waals surface area contributed by atoms with E-state index in [-0.39, 0.29) is 12.8 Å². The number of aliphatic carboxylic acids is 2. The first-order chi connectivity index (χ1) is 16.1. The highest BCUT2D eigenvalue weighted by molar-refractivity contribution is 7.98. The third kappa shape index (κ3) is 10.2. The van der Waals surface area contributed by atoms with Crippen LogP contribution in [0.25, 0.3) is 0 Å². The van der Waals surface area contributed by atoms with Crippen molar-refractivity contribution in [2.75, 3.05) is 18.6 Å². The normalized spacial score (nSPS) is 14.2. The molecule has 8 N–H and O–H groups in total. The molecule has 0 heterocycles. The van der Waals surface area contributed by atoms with Gasteiger partial charge in [0, 0.05) is 0 Å².